The molecule has 0 bridgehead atoms. The van der Waals surface area contributed by atoms with E-state index in [1.165, 1.54) is 0 Å². The van der Waals surface area contributed by atoms with E-state index in [4.69, 9.17) is 4.74 Å². The number of para-hydroxylation sites is 1. The molecule has 2 nitrogen and oxygen atoms in total. The summed E-state index contributed by atoms with van der Waals surface area (Å²) in [5, 5.41) is 0. The lowest BCUT2D eigenvalue weighted by atomic mass is 10.0. The van der Waals surface area contributed by atoms with Crippen molar-refractivity contribution in [1.82, 2.24) is 0 Å². The Balaban J connectivity index is 3.27. The molecule has 0 aliphatic heterocycles. The molecule has 0 heterocycles. The minimum Gasteiger partial charge on any atom is -0.496 e. The van der Waals surface area contributed by atoms with Crippen LogP contribution < -0.4 is 4.74 Å². The molecule has 1 rings (SSSR count). The van der Waals surface area contributed by atoms with Crippen LogP contribution in [0.5, 0.6) is 5.75 Å². The predicted octanol–water partition coefficient (Wildman–Crippen LogP) is 2.76. The smallest absolute Gasteiger partial charge is 0.191 e. The monoisotopic (exact) mass is 190 g/mol. The van der Waals surface area contributed by atoms with Gasteiger partial charge in [-0.05, 0) is 31.1 Å². The minimum atomic E-state index is -0.0643. The molecular weight excluding hydrogens is 176 g/mol. The molecule has 0 aliphatic carbocycles. The standard InChI is InChI=1S/C12H14O2/c1-8(2)11(13)10-7-5-6-9(3)12(10)14-4/h5-7H,1H2,2-4H3. The van der Waals surface area contributed by atoms with Crippen molar-refractivity contribution in [2.45, 2.75) is 13.8 Å². The van der Waals surface area contributed by atoms with Crippen LogP contribution >= 0.6 is 0 Å². The molecule has 2 heteroatoms. The summed E-state index contributed by atoms with van der Waals surface area (Å²) >= 11 is 0. The zero-order valence-electron chi connectivity index (χ0n) is 8.76. The average Bonchev–Trinajstić information content (AvgIpc) is 2.16. The number of carbonyl (C=O) groups excluding carboxylic acids is 1. The molecule has 74 valence electrons. The van der Waals surface area contributed by atoms with Gasteiger partial charge >= 0.3 is 0 Å². The molecule has 0 radical (unpaired) electrons. The van der Waals surface area contributed by atoms with Crippen LogP contribution in [0.3, 0.4) is 0 Å². The fourth-order valence-electron chi connectivity index (χ4n) is 1.33. The molecule has 14 heavy (non-hydrogen) atoms. The molecule has 0 fully saturated rings. The van der Waals surface area contributed by atoms with Gasteiger partial charge in [0.1, 0.15) is 5.75 Å². The molecule has 0 spiro atoms. The zero-order chi connectivity index (χ0) is 10.7. The Kier molecular flexibility index (Phi) is 3.07. The van der Waals surface area contributed by atoms with Gasteiger partial charge in [0.05, 0.1) is 12.7 Å². The van der Waals surface area contributed by atoms with E-state index < -0.39 is 0 Å². The Morgan fingerprint density at radius 2 is 2.07 bits per heavy atom. The van der Waals surface area contributed by atoms with Crippen LogP contribution in [0.1, 0.15) is 22.8 Å². The third kappa shape index (κ3) is 1.84. The van der Waals surface area contributed by atoms with E-state index in [0.717, 1.165) is 5.56 Å². The Hall–Kier alpha value is -1.57. The van der Waals surface area contributed by atoms with E-state index in [9.17, 15) is 4.79 Å². The Labute approximate surface area is 84.2 Å². The molecule has 0 unspecified atom stereocenters. The maximum Gasteiger partial charge on any atom is 0.191 e. The van der Waals surface area contributed by atoms with Crippen molar-refractivity contribution in [3.63, 3.8) is 0 Å². The highest BCUT2D eigenvalue weighted by Gasteiger charge is 2.13. The average molecular weight is 190 g/mol. The van der Waals surface area contributed by atoms with Crippen molar-refractivity contribution in [2.75, 3.05) is 7.11 Å². The second-order valence-electron chi connectivity index (χ2n) is 3.27. The van der Waals surface area contributed by atoms with E-state index in [2.05, 4.69) is 6.58 Å². The summed E-state index contributed by atoms with van der Waals surface area (Å²) in [4.78, 5) is 11.7. The van der Waals surface area contributed by atoms with Crippen molar-refractivity contribution in [3.8, 4) is 5.75 Å². The van der Waals surface area contributed by atoms with Gasteiger partial charge in [-0.3, -0.25) is 4.79 Å². The van der Waals surface area contributed by atoms with Gasteiger partial charge in [0.25, 0.3) is 0 Å². The number of hydrogen-bond donors (Lipinski definition) is 0. The Morgan fingerprint density at radius 3 is 2.57 bits per heavy atom. The van der Waals surface area contributed by atoms with Gasteiger partial charge in [0.15, 0.2) is 5.78 Å². The first kappa shape index (κ1) is 10.5. The fourth-order valence-corrected chi connectivity index (χ4v) is 1.33. The summed E-state index contributed by atoms with van der Waals surface area (Å²) in [6.45, 7) is 7.24. The number of methoxy groups -OCH3 is 1. The SMILES string of the molecule is C=C(C)C(=O)c1cccc(C)c1OC. The normalized spacial score (nSPS) is 9.64. The number of ketones is 1. The summed E-state index contributed by atoms with van der Waals surface area (Å²) in [5.74, 6) is 0.575. The van der Waals surface area contributed by atoms with Crippen LogP contribution in [0.15, 0.2) is 30.4 Å². The van der Waals surface area contributed by atoms with E-state index in [1.54, 1.807) is 20.1 Å². The second-order valence-corrected chi connectivity index (χ2v) is 3.27. The van der Waals surface area contributed by atoms with Crippen LogP contribution in [-0.4, -0.2) is 12.9 Å². The zero-order valence-corrected chi connectivity index (χ0v) is 8.76. The number of carbonyl (C=O) groups is 1. The number of aryl methyl sites for hydroxylation is 1. The largest absolute Gasteiger partial charge is 0.496 e. The maximum absolute atomic E-state index is 11.7. The first-order valence-corrected chi connectivity index (χ1v) is 4.41. The molecule has 0 aliphatic rings. The number of allylic oxidation sites excluding steroid dienone is 1. The van der Waals surface area contributed by atoms with Gasteiger partial charge in [0, 0.05) is 0 Å². The van der Waals surface area contributed by atoms with Crippen LogP contribution in [0.4, 0.5) is 0 Å². The summed E-state index contributed by atoms with van der Waals surface area (Å²) in [6, 6.07) is 5.50. The molecule has 0 amide bonds. The number of rotatable bonds is 3. The highest BCUT2D eigenvalue weighted by Crippen LogP contribution is 2.24. The van der Waals surface area contributed by atoms with E-state index in [-0.39, 0.29) is 5.78 Å². The molecule has 0 atom stereocenters. The molecule has 1 aromatic rings. The molecular formula is C12H14O2. The summed E-state index contributed by atoms with van der Waals surface area (Å²) in [6.07, 6.45) is 0. The van der Waals surface area contributed by atoms with E-state index >= 15 is 0 Å². The fraction of sp³-hybridized carbons (Fsp3) is 0.250. The number of Topliss-reactive ketones (excluding diaryl/α,β-unsaturated/α-hetero) is 1. The lowest BCUT2D eigenvalue weighted by Crippen LogP contribution is -2.03. The second kappa shape index (κ2) is 4.09. The third-order valence-corrected chi connectivity index (χ3v) is 2.05. The Bertz CT molecular complexity index is 378. The molecule has 0 saturated heterocycles. The third-order valence-electron chi connectivity index (χ3n) is 2.05. The molecule has 0 aromatic heterocycles. The van der Waals surface area contributed by atoms with Gasteiger partial charge < -0.3 is 4.74 Å². The quantitative estimate of drug-likeness (QED) is 0.541. The lowest BCUT2D eigenvalue weighted by molar-refractivity contribution is 0.103. The van der Waals surface area contributed by atoms with Gasteiger partial charge in [-0.2, -0.15) is 0 Å². The van der Waals surface area contributed by atoms with Gasteiger partial charge in [-0.25, -0.2) is 0 Å². The molecule has 1 aromatic carbocycles. The summed E-state index contributed by atoms with van der Waals surface area (Å²) < 4.78 is 5.19. The van der Waals surface area contributed by atoms with Gasteiger partial charge in [-0.15, -0.1) is 0 Å². The van der Waals surface area contributed by atoms with E-state index in [0.29, 0.717) is 16.9 Å². The van der Waals surface area contributed by atoms with Crippen molar-refractivity contribution in [1.29, 1.82) is 0 Å². The van der Waals surface area contributed by atoms with Crippen LogP contribution in [0, 0.1) is 6.92 Å². The van der Waals surface area contributed by atoms with E-state index in [1.807, 2.05) is 19.1 Å². The van der Waals surface area contributed by atoms with Crippen LogP contribution in [0.2, 0.25) is 0 Å². The van der Waals surface area contributed by atoms with Crippen molar-refractivity contribution >= 4 is 5.78 Å². The van der Waals surface area contributed by atoms with Gasteiger partial charge in [-0.1, -0.05) is 18.7 Å². The van der Waals surface area contributed by atoms with Crippen molar-refractivity contribution < 1.29 is 9.53 Å². The van der Waals surface area contributed by atoms with Gasteiger partial charge in [0.2, 0.25) is 0 Å². The topological polar surface area (TPSA) is 26.3 Å². The maximum atomic E-state index is 11.7. The van der Waals surface area contributed by atoms with Crippen molar-refractivity contribution in [3.05, 3.63) is 41.5 Å². The number of benzene rings is 1. The first-order chi connectivity index (χ1) is 6.57. The lowest BCUT2D eigenvalue weighted by Gasteiger charge is -2.09. The molecule has 0 saturated carbocycles. The minimum absolute atomic E-state index is 0.0643. The summed E-state index contributed by atoms with van der Waals surface area (Å²) in [5.41, 5.74) is 2.06. The number of ether oxygens (including phenoxy) is 1. The Morgan fingerprint density at radius 1 is 1.43 bits per heavy atom. The molecule has 0 N–H and O–H groups in total. The summed E-state index contributed by atoms with van der Waals surface area (Å²) in [7, 11) is 1.57. The number of hydrogen-bond acceptors (Lipinski definition) is 2. The van der Waals surface area contributed by atoms with Crippen LogP contribution in [0.25, 0.3) is 0 Å². The van der Waals surface area contributed by atoms with Crippen molar-refractivity contribution in [2.24, 2.45) is 0 Å². The highest BCUT2D eigenvalue weighted by molar-refractivity contribution is 6.09. The highest BCUT2D eigenvalue weighted by atomic mass is 16.5. The first-order valence-electron chi connectivity index (χ1n) is 4.41. The van der Waals surface area contributed by atoms with Crippen LogP contribution in [-0.2, 0) is 0 Å². The predicted molar refractivity (Wildman–Crippen MR) is 56.9 cm³/mol.